The van der Waals surface area contributed by atoms with Crippen LogP contribution in [0.3, 0.4) is 0 Å². The third-order valence-electron chi connectivity index (χ3n) is 3.24. The van der Waals surface area contributed by atoms with Gasteiger partial charge in [-0.1, -0.05) is 18.2 Å². The van der Waals surface area contributed by atoms with Crippen molar-refractivity contribution in [3.05, 3.63) is 64.7 Å². The van der Waals surface area contributed by atoms with Crippen molar-refractivity contribution in [1.29, 1.82) is 5.41 Å². The molecule has 0 fully saturated rings. The van der Waals surface area contributed by atoms with Gasteiger partial charge in [-0.15, -0.1) is 0 Å². The van der Waals surface area contributed by atoms with E-state index >= 15 is 0 Å². The van der Waals surface area contributed by atoms with Gasteiger partial charge in [0.15, 0.2) is 0 Å². The highest BCUT2D eigenvalue weighted by atomic mass is 19.4. The van der Waals surface area contributed by atoms with Gasteiger partial charge in [0.05, 0.1) is 11.3 Å². The number of rotatable bonds is 0. The second-order valence-electron chi connectivity index (χ2n) is 4.53. The van der Waals surface area contributed by atoms with Crippen molar-refractivity contribution in [2.24, 2.45) is 0 Å². The zero-order chi connectivity index (χ0) is 14.3. The van der Waals surface area contributed by atoms with E-state index in [2.05, 4.69) is 0 Å². The van der Waals surface area contributed by atoms with Crippen LogP contribution in [0.25, 0.3) is 0 Å². The van der Waals surface area contributed by atoms with Crippen molar-refractivity contribution in [2.45, 2.75) is 12.8 Å². The molecular formula is C15H10F3NO. The molecule has 2 nitrogen and oxygen atoms in total. The van der Waals surface area contributed by atoms with Gasteiger partial charge in [0, 0.05) is 11.1 Å². The quantitative estimate of drug-likeness (QED) is 0.775. The Bertz CT molecular complexity index is 692. The fourth-order valence-electron chi connectivity index (χ4n) is 2.23. The molecule has 20 heavy (non-hydrogen) atoms. The lowest BCUT2D eigenvalue weighted by atomic mass is 9.96. The molecule has 5 heteroatoms. The van der Waals surface area contributed by atoms with E-state index in [4.69, 9.17) is 10.1 Å². The lowest BCUT2D eigenvalue weighted by molar-refractivity contribution is -0.137. The predicted octanol–water partition coefficient (Wildman–Crippen LogP) is 4.01. The molecule has 1 heterocycles. The second-order valence-corrected chi connectivity index (χ2v) is 4.53. The fraction of sp³-hybridized carbons (Fsp3) is 0.133. The molecule has 1 aliphatic heterocycles. The zero-order valence-electron chi connectivity index (χ0n) is 10.3. The predicted molar refractivity (Wildman–Crippen MR) is 68.1 cm³/mol. The second kappa shape index (κ2) is 4.37. The van der Waals surface area contributed by atoms with E-state index in [9.17, 15) is 13.2 Å². The third-order valence-corrected chi connectivity index (χ3v) is 3.24. The molecule has 0 spiro atoms. The molecule has 0 saturated heterocycles. The third kappa shape index (κ3) is 2.05. The number of para-hydroxylation sites is 1. The largest absolute Gasteiger partial charge is 0.488 e. The maximum Gasteiger partial charge on any atom is 0.416 e. The Morgan fingerprint density at radius 2 is 1.75 bits per heavy atom. The first kappa shape index (κ1) is 12.7. The van der Waals surface area contributed by atoms with E-state index in [0.29, 0.717) is 22.4 Å². The van der Waals surface area contributed by atoms with Crippen LogP contribution in [0.5, 0.6) is 5.75 Å². The van der Waals surface area contributed by atoms with Crippen LogP contribution in [-0.4, -0.2) is 5.71 Å². The van der Waals surface area contributed by atoms with Crippen LogP contribution >= 0.6 is 0 Å². The van der Waals surface area contributed by atoms with E-state index in [-0.39, 0.29) is 12.3 Å². The maximum absolute atomic E-state index is 12.7. The number of benzene rings is 2. The molecule has 0 bridgehead atoms. The topological polar surface area (TPSA) is 33.1 Å². The molecule has 0 aromatic heterocycles. The van der Waals surface area contributed by atoms with E-state index in [1.165, 1.54) is 6.07 Å². The summed E-state index contributed by atoms with van der Waals surface area (Å²) in [5, 5.41) is 8.16. The first-order valence-corrected chi connectivity index (χ1v) is 5.98. The summed E-state index contributed by atoms with van der Waals surface area (Å²) in [6.07, 6.45) is -4.39. The Kier molecular flexibility index (Phi) is 2.78. The SMILES string of the molecule is N=C1c2ccc(C(F)(F)F)cc2COc2ccccc21. The number of fused-ring (bicyclic) bond motifs is 2. The van der Waals surface area contributed by atoms with E-state index in [1.54, 1.807) is 24.3 Å². The Hall–Kier alpha value is -2.30. The number of alkyl halides is 3. The molecule has 1 aliphatic rings. The smallest absolute Gasteiger partial charge is 0.416 e. The van der Waals surface area contributed by atoms with E-state index in [1.807, 2.05) is 0 Å². The molecule has 3 rings (SSSR count). The average Bonchev–Trinajstić information content (AvgIpc) is 2.56. The van der Waals surface area contributed by atoms with Crippen molar-refractivity contribution >= 4 is 5.71 Å². The van der Waals surface area contributed by atoms with Crippen molar-refractivity contribution in [3.63, 3.8) is 0 Å². The summed E-state index contributed by atoms with van der Waals surface area (Å²) in [7, 11) is 0. The first-order chi connectivity index (χ1) is 9.47. The summed E-state index contributed by atoms with van der Waals surface area (Å²) < 4.78 is 43.7. The monoisotopic (exact) mass is 277 g/mol. The van der Waals surface area contributed by atoms with Gasteiger partial charge in [0.25, 0.3) is 0 Å². The molecule has 2 aromatic carbocycles. The Labute approximate surface area is 113 Å². The van der Waals surface area contributed by atoms with E-state index in [0.717, 1.165) is 12.1 Å². The van der Waals surface area contributed by atoms with Gasteiger partial charge in [0.1, 0.15) is 12.4 Å². The lowest BCUT2D eigenvalue weighted by Gasteiger charge is -2.11. The molecule has 0 aliphatic carbocycles. The van der Waals surface area contributed by atoms with E-state index < -0.39 is 11.7 Å². The summed E-state index contributed by atoms with van der Waals surface area (Å²) in [4.78, 5) is 0. The zero-order valence-corrected chi connectivity index (χ0v) is 10.3. The van der Waals surface area contributed by atoms with Gasteiger partial charge in [-0.2, -0.15) is 13.2 Å². The van der Waals surface area contributed by atoms with Gasteiger partial charge in [-0.3, -0.25) is 5.41 Å². The number of ether oxygens (including phenoxy) is 1. The fourth-order valence-corrected chi connectivity index (χ4v) is 2.23. The van der Waals surface area contributed by atoms with Gasteiger partial charge in [-0.25, -0.2) is 0 Å². The van der Waals surface area contributed by atoms with Crippen LogP contribution in [0, 0.1) is 5.41 Å². The number of hydrogen-bond donors (Lipinski definition) is 1. The highest BCUT2D eigenvalue weighted by Crippen LogP contribution is 2.33. The molecule has 0 unspecified atom stereocenters. The first-order valence-electron chi connectivity index (χ1n) is 5.98. The molecule has 0 saturated carbocycles. The molecular weight excluding hydrogens is 267 g/mol. The molecule has 102 valence electrons. The standard InChI is InChI=1S/C15H10F3NO/c16-15(17,18)10-5-6-11-9(7-10)8-20-13-4-2-1-3-12(13)14(11)19/h1-7,19H,8H2. The van der Waals surface area contributed by atoms with Crippen LogP contribution in [0.1, 0.15) is 22.3 Å². The van der Waals surface area contributed by atoms with Crippen molar-refractivity contribution in [3.8, 4) is 5.75 Å². The highest BCUT2D eigenvalue weighted by Gasteiger charge is 2.32. The summed E-state index contributed by atoms with van der Waals surface area (Å²) in [5.74, 6) is 0.516. The van der Waals surface area contributed by atoms with Crippen LogP contribution in [0.2, 0.25) is 0 Å². The maximum atomic E-state index is 12.7. The highest BCUT2D eigenvalue weighted by molar-refractivity contribution is 6.13. The Morgan fingerprint density at radius 3 is 2.50 bits per heavy atom. The number of hydrogen-bond acceptors (Lipinski definition) is 2. The van der Waals surface area contributed by atoms with Crippen LogP contribution < -0.4 is 4.74 Å². The minimum atomic E-state index is -4.39. The molecule has 2 aromatic rings. The van der Waals surface area contributed by atoms with Gasteiger partial charge < -0.3 is 4.74 Å². The number of nitrogens with one attached hydrogen (secondary N) is 1. The molecule has 0 radical (unpaired) electrons. The average molecular weight is 277 g/mol. The summed E-state index contributed by atoms with van der Waals surface area (Å²) >= 11 is 0. The Balaban J connectivity index is 2.12. The molecule has 0 amide bonds. The van der Waals surface area contributed by atoms with Crippen LogP contribution in [-0.2, 0) is 12.8 Å². The summed E-state index contributed by atoms with van der Waals surface area (Å²) in [6.45, 7) is 0.0264. The Morgan fingerprint density at radius 1 is 1.00 bits per heavy atom. The van der Waals surface area contributed by atoms with Gasteiger partial charge in [0.2, 0.25) is 0 Å². The lowest BCUT2D eigenvalue weighted by Crippen LogP contribution is -2.09. The van der Waals surface area contributed by atoms with Crippen LogP contribution in [0.4, 0.5) is 13.2 Å². The summed E-state index contributed by atoms with van der Waals surface area (Å²) in [6, 6.07) is 10.4. The minimum absolute atomic E-state index is 0.0264. The summed E-state index contributed by atoms with van der Waals surface area (Å²) in [5.41, 5.74) is 0.899. The molecule has 1 N–H and O–H groups in total. The normalized spacial score (nSPS) is 14.1. The van der Waals surface area contributed by atoms with Crippen LogP contribution in [0.15, 0.2) is 42.5 Å². The van der Waals surface area contributed by atoms with Gasteiger partial charge in [-0.05, 0) is 29.8 Å². The number of halogens is 3. The van der Waals surface area contributed by atoms with Crippen molar-refractivity contribution < 1.29 is 17.9 Å². The van der Waals surface area contributed by atoms with Gasteiger partial charge >= 0.3 is 6.18 Å². The minimum Gasteiger partial charge on any atom is -0.488 e. The van der Waals surface area contributed by atoms with Crippen molar-refractivity contribution in [1.82, 2.24) is 0 Å². The van der Waals surface area contributed by atoms with Crippen molar-refractivity contribution in [2.75, 3.05) is 0 Å². The molecule has 0 atom stereocenters.